The standard InChI is InChI=1S/C16H26N2O2/c1-4-6-14(17)11-16(19)18(5-2)12-13-7-9-15(20-3)10-8-13/h7-10,14H,4-6,11-12,17H2,1-3H3. The van der Waals surface area contributed by atoms with Crippen LogP contribution in [0.1, 0.15) is 38.7 Å². The minimum Gasteiger partial charge on any atom is -0.497 e. The van der Waals surface area contributed by atoms with Crippen LogP contribution >= 0.6 is 0 Å². The number of benzene rings is 1. The third-order valence-electron chi connectivity index (χ3n) is 3.36. The number of rotatable bonds is 8. The van der Waals surface area contributed by atoms with E-state index < -0.39 is 0 Å². The lowest BCUT2D eigenvalue weighted by molar-refractivity contribution is -0.132. The summed E-state index contributed by atoms with van der Waals surface area (Å²) in [5.41, 5.74) is 7.05. The van der Waals surface area contributed by atoms with E-state index in [0.29, 0.717) is 19.5 Å². The lowest BCUT2D eigenvalue weighted by Crippen LogP contribution is -2.35. The van der Waals surface area contributed by atoms with Crippen molar-refractivity contribution in [2.75, 3.05) is 13.7 Å². The number of carbonyl (C=O) groups excluding carboxylic acids is 1. The Morgan fingerprint density at radius 2 is 1.95 bits per heavy atom. The topological polar surface area (TPSA) is 55.6 Å². The summed E-state index contributed by atoms with van der Waals surface area (Å²) in [6.45, 7) is 5.40. The molecule has 0 aromatic heterocycles. The molecule has 0 aliphatic carbocycles. The Morgan fingerprint density at radius 3 is 2.45 bits per heavy atom. The van der Waals surface area contributed by atoms with Crippen molar-refractivity contribution in [1.29, 1.82) is 0 Å². The molecule has 0 radical (unpaired) electrons. The molecule has 20 heavy (non-hydrogen) atoms. The van der Waals surface area contributed by atoms with Gasteiger partial charge in [-0.05, 0) is 31.0 Å². The highest BCUT2D eigenvalue weighted by Crippen LogP contribution is 2.14. The van der Waals surface area contributed by atoms with Crippen molar-refractivity contribution in [1.82, 2.24) is 4.90 Å². The molecule has 1 atom stereocenters. The highest BCUT2D eigenvalue weighted by Gasteiger charge is 2.15. The number of ether oxygens (including phenoxy) is 1. The van der Waals surface area contributed by atoms with Crippen LogP contribution in [0.2, 0.25) is 0 Å². The van der Waals surface area contributed by atoms with Gasteiger partial charge < -0.3 is 15.4 Å². The Balaban J connectivity index is 2.58. The first-order valence-corrected chi connectivity index (χ1v) is 7.27. The van der Waals surface area contributed by atoms with Gasteiger partial charge in [0.25, 0.3) is 0 Å². The van der Waals surface area contributed by atoms with E-state index in [9.17, 15) is 4.79 Å². The monoisotopic (exact) mass is 278 g/mol. The van der Waals surface area contributed by atoms with Gasteiger partial charge in [-0.25, -0.2) is 0 Å². The molecule has 1 aromatic rings. The van der Waals surface area contributed by atoms with E-state index in [4.69, 9.17) is 10.5 Å². The number of methoxy groups -OCH3 is 1. The van der Waals surface area contributed by atoms with Crippen LogP contribution < -0.4 is 10.5 Å². The Kier molecular flexibility index (Phi) is 7.09. The van der Waals surface area contributed by atoms with Crippen LogP contribution in [0.3, 0.4) is 0 Å². The van der Waals surface area contributed by atoms with Crippen molar-refractivity contribution in [3.05, 3.63) is 29.8 Å². The van der Waals surface area contributed by atoms with Crippen molar-refractivity contribution in [3.63, 3.8) is 0 Å². The molecule has 0 bridgehead atoms. The highest BCUT2D eigenvalue weighted by molar-refractivity contribution is 5.76. The largest absolute Gasteiger partial charge is 0.497 e. The summed E-state index contributed by atoms with van der Waals surface area (Å²) >= 11 is 0. The molecule has 0 fully saturated rings. The van der Waals surface area contributed by atoms with E-state index in [0.717, 1.165) is 24.2 Å². The van der Waals surface area contributed by atoms with E-state index in [1.165, 1.54) is 0 Å². The third kappa shape index (κ3) is 5.21. The molecular formula is C16H26N2O2. The van der Waals surface area contributed by atoms with Gasteiger partial charge in [0.1, 0.15) is 5.75 Å². The van der Waals surface area contributed by atoms with Gasteiger partial charge in [-0.1, -0.05) is 25.5 Å². The van der Waals surface area contributed by atoms with Crippen molar-refractivity contribution < 1.29 is 9.53 Å². The summed E-state index contributed by atoms with van der Waals surface area (Å²) < 4.78 is 5.13. The molecule has 2 N–H and O–H groups in total. The molecule has 0 spiro atoms. The van der Waals surface area contributed by atoms with Gasteiger partial charge in [0.2, 0.25) is 5.91 Å². The Bertz CT molecular complexity index is 403. The summed E-state index contributed by atoms with van der Waals surface area (Å²) in [6.07, 6.45) is 2.34. The van der Waals surface area contributed by atoms with E-state index in [-0.39, 0.29) is 11.9 Å². The minimum absolute atomic E-state index is 0.0302. The second kappa shape index (κ2) is 8.59. The summed E-state index contributed by atoms with van der Waals surface area (Å²) in [6, 6.07) is 7.77. The molecule has 0 heterocycles. The molecule has 4 nitrogen and oxygen atoms in total. The lowest BCUT2D eigenvalue weighted by atomic mass is 10.1. The smallest absolute Gasteiger partial charge is 0.224 e. The molecule has 112 valence electrons. The minimum atomic E-state index is -0.0302. The molecule has 1 aromatic carbocycles. The number of amides is 1. The zero-order valence-electron chi connectivity index (χ0n) is 12.8. The zero-order chi connectivity index (χ0) is 15.0. The predicted octanol–water partition coefficient (Wildman–Crippen LogP) is 2.56. The maximum atomic E-state index is 12.2. The fourth-order valence-corrected chi connectivity index (χ4v) is 2.15. The van der Waals surface area contributed by atoms with E-state index in [2.05, 4.69) is 6.92 Å². The Morgan fingerprint density at radius 1 is 1.30 bits per heavy atom. The summed E-state index contributed by atoms with van der Waals surface area (Å²) in [5.74, 6) is 0.956. The van der Waals surface area contributed by atoms with E-state index in [1.807, 2.05) is 36.1 Å². The Labute approximate surface area is 121 Å². The molecule has 0 saturated heterocycles. The van der Waals surface area contributed by atoms with Crippen LogP contribution in [-0.2, 0) is 11.3 Å². The molecule has 1 amide bonds. The van der Waals surface area contributed by atoms with Gasteiger partial charge in [-0.2, -0.15) is 0 Å². The normalized spacial score (nSPS) is 12.0. The summed E-state index contributed by atoms with van der Waals surface area (Å²) in [7, 11) is 1.64. The van der Waals surface area contributed by atoms with Crippen molar-refractivity contribution in [3.8, 4) is 5.75 Å². The maximum absolute atomic E-state index is 12.2. The van der Waals surface area contributed by atoms with Crippen LogP contribution in [0.4, 0.5) is 0 Å². The average molecular weight is 278 g/mol. The number of carbonyl (C=O) groups is 1. The molecule has 1 rings (SSSR count). The van der Waals surface area contributed by atoms with Gasteiger partial charge >= 0.3 is 0 Å². The third-order valence-corrected chi connectivity index (χ3v) is 3.36. The molecular weight excluding hydrogens is 252 g/mol. The van der Waals surface area contributed by atoms with Crippen LogP contribution in [0.15, 0.2) is 24.3 Å². The zero-order valence-corrected chi connectivity index (χ0v) is 12.8. The Hall–Kier alpha value is -1.55. The average Bonchev–Trinajstić information content (AvgIpc) is 2.45. The quantitative estimate of drug-likeness (QED) is 0.795. The maximum Gasteiger partial charge on any atom is 0.224 e. The van der Waals surface area contributed by atoms with Crippen molar-refractivity contribution >= 4 is 5.91 Å². The van der Waals surface area contributed by atoms with Crippen LogP contribution in [0.25, 0.3) is 0 Å². The van der Waals surface area contributed by atoms with Gasteiger partial charge in [0.05, 0.1) is 7.11 Å². The van der Waals surface area contributed by atoms with Crippen molar-refractivity contribution in [2.24, 2.45) is 5.73 Å². The summed E-state index contributed by atoms with van der Waals surface area (Å²) in [4.78, 5) is 14.1. The van der Waals surface area contributed by atoms with Crippen LogP contribution in [0.5, 0.6) is 5.75 Å². The molecule has 4 heteroatoms. The van der Waals surface area contributed by atoms with Gasteiger partial charge in [0, 0.05) is 25.6 Å². The first-order chi connectivity index (χ1) is 9.60. The second-order valence-corrected chi connectivity index (χ2v) is 5.01. The van der Waals surface area contributed by atoms with Gasteiger partial charge in [-0.15, -0.1) is 0 Å². The van der Waals surface area contributed by atoms with Crippen LogP contribution in [-0.4, -0.2) is 30.5 Å². The molecule has 1 unspecified atom stereocenters. The van der Waals surface area contributed by atoms with Crippen LogP contribution in [0, 0.1) is 0 Å². The molecule has 0 saturated carbocycles. The van der Waals surface area contributed by atoms with Crippen molar-refractivity contribution in [2.45, 2.75) is 45.7 Å². The van der Waals surface area contributed by atoms with E-state index >= 15 is 0 Å². The number of hydrogen-bond donors (Lipinski definition) is 1. The van der Waals surface area contributed by atoms with E-state index in [1.54, 1.807) is 7.11 Å². The fourth-order valence-electron chi connectivity index (χ4n) is 2.15. The highest BCUT2D eigenvalue weighted by atomic mass is 16.5. The first kappa shape index (κ1) is 16.5. The molecule has 0 aliphatic heterocycles. The summed E-state index contributed by atoms with van der Waals surface area (Å²) in [5, 5.41) is 0. The predicted molar refractivity (Wildman–Crippen MR) is 81.6 cm³/mol. The number of nitrogens with two attached hydrogens (primary N) is 1. The SMILES string of the molecule is CCCC(N)CC(=O)N(CC)Cc1ccc(OC)cc1. The van der Waals surface area contributed by atoms with Gasteiger partial charge in [0.15, 0.2) is 0 Å². The number of hydrogen-bond acceptors (Lipinski definition) is 3. The fraction of sp³-hybridized carbons (Fsp3) is 0.562. The second-order valence-electron chi connectivity index (χ2n) is 5.01. The lowest BCUT2D eigenvalue weighted by Gasteiger charge is -2.23. The molecule has 0 aliphatic rings. The first-order valence-electron chi connectivity index (χ1n) is 7.27. The van der Waals surface area contributed by atoms with Gasteiger partial charge in [-0.3, -0.25) is 4.79 Å². The number of nitrogens with zero attached hydrogens (tertiary/aromatic N) is 1.